The Morgan fingerprint density at radius 3 is 2.71 bits per heavy atom. The molecule has 0 fully saturated rings. The summed E-state index contributed by atoms with van der Waals surface area (Å²) in [7, 11) is 0. The van der Waals surface area contributed by atoms with Crippen molar-refractivity contribution in [2.24, 2.45) is 5.10 Å². The molecule has 0 aliphatic heterocycles. The first kappa shape index (κ1) is 23.8. The Kier molecular flexibility index (Phi) is 7.49. The normalized spacial score (nSPS) is 11.2. The molecule has 6 nitrogen and oxygen atoms in total. The fraction of sp³-hybridized carbons (Fsp3) is 0.120. The molecule has 0 saturated carbocycles. The number of carbonyl (C=O) groups excluding carboxylic acids is 1. The number of rotatable bonds is 8. The third-order valence-electron chi connectivity index (χ3n) is 4.71. The van der Waals surface area contributed by atoms with Crippen LogP contribution in [0.3, 0.4) is 0 Å². The zero-order valence-corrected chi connectivity index (χ0v) is 20.3. The number of hydrogen-bond acceptors (Lipinski definition) is 5. The van der Waals surface area contributed by atoms with E-state index in [1.54, 1.807) is 36.4 Å². The molecule has 1 heterocycles. The average molecular weight is 546 g/mol. The Hall–Kier alpha value is -3.36. The van der Waals surface area contributed by atoms with Crippen LogP contribution in [0.15, 0.2) is 74.7 Å². The van der Waals surface area contributed by atoms with Crippen LogP contribution in [0.2, 0.25) is 5.02 Å². The van der Waals surface area contributed by atoms with Gasteiger partial charge in [-0.2, -0.15) is 5.10 Å². The molecule has 4 rings (SSSR count). The fourth-order valence-electron chi connectivity index (χ4n) is 3.15. The Labute approximate surface area is 208 Å². The molecule has 0 unspecified atom stereocenters. The van der Waals surface area contributed by atoms with Gasteiger partial charge in [0.15, 0.2) is 17.3 Å². The van der Waals surface area contributed by atoms with E-state index in [2.05, 4.69) is 26.5 Å². The van der Waals surface area contributed by atoms with Crippen molar-refractivity contribution < 1.29 is 23.1 Å². The first-order valence-corrected chi connectivity index (χ1v) is 11.5. The van der Waals surface area contributed by atoms with Crippen molar-refractivity contribution in [3.8, 4) is 11.5 Å². The van der Waals surface area contributed by atoms with E-state index in [0.29, 0.717) is 34.3 Å². The topological polar surface area (TPSA) is 73.1 Å². The lowest BCUT2D eigenvalue weighted by Crippen LogP contribution is -2.16. The summed E-state index contributed by atoms with van der Waals surface area (Å²) >= 11 is 9.81. The first-order valence-electron chi connectivity index (χ1n) is 10.3. The summed E-state index contributed by atoms with van der Waals surface area (Å²) in [6.07, 6.45) is 1.44. The van der Waals surface area contributed by atoms with Crippen LogP contribution in [0.25, 0.3) is 11.0 Å². The van der Waals surface area contributed by atoms with Gasteiger partial charge in [-0.1, -0.05) is 39.7 Å². The maximum atomic E-state index is 13.1. The predicted octanol–water partition coefficient (Wildman–Crippen LogP) is 6.73. The van der Waals surface area contributed by atoms with Crippen LogP contribution >= 0.6 is 27.5 Å². The second-order valence-corrected chi connectivity index (χ2v) is 8.49. The summed E-state index contributed by atoms with van der Waals surface area (Å²) in [5.41, 5.74) is 4.42. The molecule has 0 aliphatic rings. The number of furan rings is 1. The van der Waals surface area contributed by atoms with Crippen LogP contribution in [-0.2, 0) is 6.61 Å². The highest BCUT2D eigenvalue weighted by Crippen LogP contribution is 2.37. The first-order chi connectivity index (χ1) is 16.4. The molecule has 3 aromatic carbocycles. The molecule has 9 heteroatoms. The van der Waals surface area contributed by atoms with Crippen LogP contribution in [0.5, 0.6) is 11.5 Å². The van der Waals surface area contributed by atoms with Crippen LogP contribution < -0.4 is 14.9 Å². The molecule has 1 amide bonds. The van der Waals surface area contributed by atoms with Gasteiger partial charge in [0.1, 0.15) is 18.0 Å². The van der Waals surface area contributed by atoms with Crippen molar-refractivity contribution in [3.63, 3.8) is 0 Å². The van der Waals surface area contributed by atoms with E-state index in [4.69, 9.17) is 25.5 Å². The standard InChI is InChI=1S/C25H19BrClFN2O4/c1-2-32-22-10-16(9-20(27)24(22)33-14-15-3-6-19(28)7-4-15)13-29-30-25(31)23-12-17-11-18(26)5-8-21(17)34-23/h3-13H,2,14H2,1H3,(H,30,31). The molecule has 0 saturated heterocycles. The van der Waals surface area contributed by atoms with E-state index in [1.807, 2.05) is 19.1 Å². The molecular weight excluding hydrogens is 527 g/mol. The molecule has 1 N–H and O–H groups in total. The number of hydrogen-bond donors (Lipinski definition) is 1. The van der Waals surface area contributed by atoms with Gasteiger partial charge in [0.25, 0.3) is 0 Å². The van der Waals surface area contributed by atoms with Crippen molar-refractivity contribution >= 4 is 50.6 Å². The minimum Gasteiger partial charge on any atom is -0.490 e. The SMILES string of the molecule is CCOc1cc(C=NNC(=O)c2cc3cc(Br)ccc3o2)cc(Cl)c1OCc1ccc(F)cc1. The lowest BCUT2D eigenvalue weighted by atomic mass is 10.2. The average Bonchev–Trinajstić information content (AvgIpc) is 3.23. The summed E-state index contributed by atoms with van der Waals surface area (Å²) in [5.74, 6) is 0.123. The minimum atomic E-state index is -0.487. The van der Waals surface area contributed by atoms with Gasteiger partial charge in [-0.05, 0) is 66.6 Å². The van der Waals surface area contributed by atoms with E-state index >= 15 is 0 Å². The highest BCUT2D eigenvalue weighted by Gasteiger charge is 2.14. The zero-order valence-electron chi connectivity index (χ0n) is 18.0. The summed E-state index contributed by atoms with van der Waals surface area (Å²) in [6.45, 7) is 2.42. The molecule has 4 aromatic rings. The van der Waals surface area contributed by atoms with Gasteiger partial charge in [0.05, 0.1) is 17.8 Å². The van der Waals surface area contributed by atoms with E-state index in [-0.39, 0.29) is 18.2 Å². The van der Waals surface area contributed by atoms with Crippen molar-refractivity contribution in [2.75, 3.05) is 6.61 Å². The maximum Gasteiger partial charge on any atom is 0.307 e. The number of hydrazone groups is 1. The molecule has 0 radical (unpaired) electrons. The molecule has 0 atom stereocenters. The molecule has 1 aromatic heterocycles. The van der Waals surface area contributed by atoms with Gasteiger partial charge in [-0.15, -0.1) is 0 Å². The van der Waals surface area contributed by atoms with Gasteiger partial charge in [-0.25, -0.2) is 9.82 Å². The third-order valence-corrected chi connectivity index (χ3v) is 5.48. The second kappa shape index (κ2) is 10.7. The molecule has 0 aliphatic carbocycles. The quantitative estimate of drug-likeness (QED) is 0.197. The van der Waals surface area contributed by atoms with Crippen LogP contribution in [0.1, 0.15) is 28.6 Å². The summed E-state index contributed by atoms with van der Waals surface area (Å²) in [6, 6.07) is 16.4. The number of carbonyl (C=O) groups is 1. The number of benzene rings is 3. The van der Waals surface area contributed by atoms with E-state index < -0.39 is 5.91 Å². The van der Waals surface area contributed by atoms with E-state index in [1.165, 1.54) is 18.3 Å². The Bertz CT molecular complexity index is 1360. The monoisotopic (exact) mass is 544 g/mol. The Morgan fingerprint density at radius 2 is 1.94 bits per heavy atom. The Morgan fingerprint density at radius 1 is 1.15 bits per heavy atom. The zero-order chi connectivity index (χ0) is 24.1. The van der Waals surface area contributed by atoms with Crippen molar-refractivity contribution in [2.45, 2.75) is 13.5 Å². The molecule has 174 valence electrons. The summed E-state index contributed by atoms with van der Waals surface area (Å²) in [5, 5.41) is 5.10. The second-order valence-electron chi connectivity index (χ2n) is 7.17. The molecule has 0 bridgehead atoms. The maximum absolute atomic E-state index is 13.1. The van der Waals surface area contributed by atoms with Crippen LogP contribution in [0, 0.1) is 5.82 Å². The minimum absolute atomic E-state index is 0.142. The molecule has 0 spiro atoms. The van der Waals surface area contributed by atoms with Crippen molar-refractivity contribution in [3.05, 3.63) is 92.9 Å². The number of amides is 1. The number of halogens is 3. The smallest absolute Gasteiger partial charge is 0.307 e. The number of nitrogens with one attached hydrogen (secondary N) is 1. The summed E-state index contributed by atoms with van der Waals surface area (Å²) < 4.78 is 31.1. The predicted molar refractivity (Wildman–Crippen MR) is 132 cm³/mol. The molecular formula is C25H19BrClFN2O4. The highest BCUT2D eigenvalue weighted by molar-refractivity contribution is 9.10. The van der Waals surface area contributed by atoms with Crippen LogP contribution in [-0.4, -0.2) is 18.7 Å². The number of fused-ring (bicyclic) bond motifs is 1. The lowest BCUT2D eigenvalue weighted by molar-refractivity contribution is 0.0929. The summed E-state index contributed by atoms with van der Waals surface area (Å²) in [4.78, 5) is 12.4. The third kappa shape index (κ3) is 5.76. The van der Waals surface area contributed by atoms with Crippen molar-refractivity contribution in [1.29, 1.82) is 0 Å². The van der Waals surface area contributed by atoms with Gasteiger partial charge in [0.2, 0.25) is 0 Å². The highest BCUT2D eigenvalue weighted by atomic mass is 79.9. The number of ether oxygens (including phenoxy) is 2. The lowest BCUT2D eigenvalue weighted by Gasteiger charge is -2.14. The van der Waals surface area contributed by atoms with E-state index in [0.717, 1.165) is 15.4 Å². The van der Waals surface area contributed by atoms with Gasteiger partial charge < -0.3 is 13.9 Å². The molecule has 34 heavy (non-hydrogen) atoms. The van der Waals surface area contributed by atoms with Gasteiger partial charge >= 0.3 is 5.91 Å². The largest absolute Gasteiger partial charge is 0.490 e. The van der Waals surface area contributed by atoms with Crippen LogP contribution in [0.4, 0.5) is 4.39 Å². The number of nitrogens with zero attached hydrogens (tertiary/aromatic N) is 1. The van der Waals surface area contributed by atoms with Crippen molar-refractivity contribution in [1.82, 2.24) is 5.43 Å². The van der Waals surface area contributed by atoms with Gasteiger partial charge in [0, 0.05) is 9.86 Å². The van der Waals surface area contributed by atoms with Gasteiger partial charge in [-0.3, -0.25) is 4.79 Å². The Balaban J connectivity index is 1.46. The fourth-order valence-corrected chi connectivity index (χ4v) is 3.80. The van der Waals surface area contributed by atoms with E-state index in [9.17, 15) is 9.18 Å².